The summed E-state index contributed by atoms with van der Waals surface area (Å²) in [7, 11) is 0. The summed E-state index contributed by atoms with van der Waals surface area (Å²) in [6.07, 6.45) is 7.36. The summed E-state index contributed by atoms with van der Waals surface area (Å²) >= 11 is 0. The summed E-state index contributed by atoms with van der Waals surface area (Å²) in [5.74, 6) is -1.04. The second-order valence-corrected chi connectivity index (χ2v) is 8.66. The van der Waals surface area contributed by atoms with Gasteiger partial charge in [-0.15, -0.1) is 0 Å². The lowest BCUT2D eigenvalue weighted by Crippen LogP contribution is -2.33. The molecule has 4 aromatic heterocycles. The number of hydrogen-bond donors (Lipinski definition) is 0. The average molecular weight is 452 g/mol. The lowest BCUT2D eigenvalue weighted by molar-refractivity contribution is 0.0735. The van der Waals surface area contributed by atoms with Gasteiger partial charge in [0.2, 0.25) is 0 Å². The van der Waals surface area contributed by atoms with E-state index in [-0.39, 0.29) is 11.6 Å². The van der Waals surface area contributed by atoms with Crippen molar-refractivity contribution in [1.82, 2.24) is 29.0 Å². The van der Waals surface area contributed by atoms with E-state index < -0.39 is 11.6 Å². The number of carbonyl (C=O) groups excluding carboxylic acids is 1. The smallest absolute Gasteiger partial charge is 0.272 e. The Morgan fingerprint density at radius 1 is 1.12 bits per heavy atom. The average Bonchev–Trinajstić information content (AvgIpc) is 3.50. The summed E-state index contributed by atoms with van der Waals surface area (Å²) in [4.78, 5) is 23.4. The first kappa shape index (κ1) is 20.2. The van der Waals surface area contributed by atoms with E-state index in [0.29, 0.717) is 61.2 Å². The fourth-order valence-corrected chi connectivity index (χ4v) is 4.36. The van der Waals surface area contributed by atoms with Gasteiger partial charge >= 0.3 is 0 Å². The van der Waals surface area contributed by atoms with Crippen LogP contribution >= 0.6 is 0 Å². The fourth-order valence-electron chi connectivity index (χ4n) is 4.36. The maximum atomic E-state index is 14.2. The number of imidazole rings is 1. The zero-order valence-corrected chi connectivity index (χ0v) is 17.9. The number of hydrogen-bond acceptors (Lipinski definition) is 5. The minimum atomic E-state index is -0.740. The number of nitrogens with zero attached hydrogens (tertiary/aromatic N) is 6. The van der Waals surface area contributed by atoms with Crippen LogP contribution < -0.4 is 0 Å². The molecule has 8 nitrogen and oxygen atoms in total. The van der Waals surface area contributed by atoms with Gasteiger partial charge in [0.05, 0.1) is 24.0 Å². The molecule has 10 heteroatoms. The molecule has 4 aromatic rings. The van der Waals surface area contributed by atoms with E-state index in [1.54, 1.807) is 17.2 Å². The van der Waals surface area contributed by atoms with Gasteiger partial charge in [0, 0.05) is 50.1 Å². The maximum Gasteiger partial charge on any atom is 0.272 e. The van der Waals surface area contributed by atoms with Crippen LogP contribution in [0.1, 0.15) is 29.8 Å². The Balaban J connectivity index is 1.46. The number of rotatable bonds is 4. The lowest BCUT2D eigenvalue weighted by atomic mass is 10.2. The molecule has 0 aromatic carbocycles. The second-order valence-electron chi connectivity index (χ2n) is 8.66. The summed E-state index contributed by atoms with van der Waals surface area (Å²) < 4.78 is 36.8. The summed E-state index contributed by atoms with van der Waals surface area (Å²) in [6.45, 7) is 3.03. The molecule has 0 unspecified atom stereocenters. The molecule has 0 N–H and O–H groups in total. The minimum Gasteiger partial charge on any atom is -0.380 e. The van der Waals surface area contributed by atoms with Crippen molar-refractivity contribution in [3.63, 3.8) is 0 Å². The van der Waals surface area contributed by atoms with Gasteiger partial charge in [-0.2, -0.15) is 5.10 Å². The van der Waals surface area contributed by atoms with E-state index in [9.17, 15) is 13.6 Å². The first-order valence-electron chi connectivity index (χ1n) is 11.1. The molecule has 1 saturated heterocycles. The number of pyridine rings is 2. The minimum absolute atomic E-state index is 0.0273. The molecule has 33 heavy (non-hydrogen) atoms. The van der Waals surface area contributed by atoms with Crippen LogP contribution in [0.15, 0.2) is 30.7 Å². The number of halogens is 2. The normalized spacial score (nSPS) is 17.1. The van der Waals surface area contributed by atoms with Crippen molar-refractivity contribution >= 4 is 22.5 Å². The van der Waals surface area contributed by atoms with Crippen LogP contribution in [0.25, 0.3) is 27.9 Å². The van der Waals surface area contributed by atoms with Gasteiger partial charge in [-0.05, 0) is 31.2 Å². The van der Waals surface area contributed by atoms with Crippen molar-refractivity contribution in [2.75, 3.05) is 26.3 Å². The molecule has 0 bridgehead atoms. The quantitative estimate of drug-likeness (QED) is 0.475. The Bertz CT molecular complexity index is 1370. The molecule has 170 valence electrons. The molecular weight excluding hydrogens is 430 g/mol. The number of fused-ring (bicyclic) bond motifs is 2. The van der Waals surface area contributed by atoms with Crippen LogP contribution in [-0.2, 0) is 11.3 Å². The highest BCUT2D eigenvalue weighted by Gasteiger charge is 2.26. The van der Waals surface area contributed by atoms with Gasteiger partial charge in [-0.1, -0.05) is 0 Å². The zero-order chi connectivity index (χ0) is 22.5. The molecule has 1 amide bonds. The van der Waals surface area contributed by atoms with Crippen LogP contribution in [0.2, 0.25) is 0 Å². The number of amides is 1. The van der Waals surface area contributed by atoms with E-state index in [1.165, 1.54) is 16.8 Å². The molecule has 2 fully saturated rings. The van der Waals surface area contributed by atoms with Gasteiger partial charge < -0.3 is 9.64 Å². The monoisotopic (exact) mass is 452 g/mol. The van der Waals surface area contributed by atoms with Gasteiger partial charge in [0.1, 0.15) is 17.2 Å². The third-order valence-electron chi connectivity index (χ3n) is 6.26. The first-order valence-corrected chi connectivity index (χ1v) is 11.1. The highest BCUT2D eigenvalue weighted by atomic mass is 19.1. The SMILES string of the molecule is O=C(c1cc2c(cn1)c(-c1cnc3c(F)cc(F)cn13)nn2CC1CC1)N1CCCOCC1. The van der Waals surface area contributed by atoms with Crippen LogP contribution in [0, 0.1) is 17.6 Å². The Labute approximate surface area is 187 Å². The standard InChI is InChI=1S/C23H22F2N6O2/c24-15-8-17(25)22-27-11-20(30(22)13-15)21-16-10-26-18(23(32)29-4-1-6-33-7-5-29)9-19(16)31(28-21)12-14-2-3-14/h8-11,13-14H,1-7,12H2. The molecule has 2 aliphatic rings. The van der Waals surface area contributed by atoms with E-state index in [0.717, 1.165) is 30.8 Å². The van der Waals surface area contributed by atoms with Gasteiger partial charge in [0.25, 0.3) is 5.91 Å². The van der Waals surface area contributed by atoms with Crippen molar-refractivity contribution in [2.45, 2.75) is 25.8 Å². The van der Waals surface area contributed by atoms with Gasteiger partial charge in [-0.25, -0.2) is 13.8 Å². The van der Waals surface area contributed by atoms with Crippen LogP contribution in [-0.4, -0.2) is 61.3 Å². The lowest BCUT2D eigenvalue weighted by Gasteiger charge is -2.19. The largest absolute Gasteiger partial charge is 0.380 e. The predicted octanol–water partition coefficient (Wildman–Crippen LogP) is 3.30. The molecule has 1 aliphatic heterocycles. The Morgan fingerprint density at radius 2 is 2.00 bits per heavy atom. The summed E-state index contributed by atoms with van der Waals surface area (Å²) in [5, 5.41) is 5.48. The van der Waals surface area contributed by atoms with Crippen molar-refractivity contribution in [3.05, 3.63) is 48.1 Å². The van der Waals surface area contributed by atoms with Crippen molar-refractivity contribution in [3.8, 4) is 11.4 Å². The Kier molecular flexibility index (Phi) is 4.83. The Hall–Kier alpha value is -3.40. The predicted molar refractivity (Wildman–Crippen MR) is 116 cm³/mol. The summed E-state index contributed by atoms with van der Waals surface area (Å²) in [5.41, 5.74) is 2.14. The van der Waals surface area contributed by atoms with Crippen molar-refractivity contribution in [1.29, 1.82) is 0 Å². The van der Waals surface area contributed by atoms with Crippen molar-refractivity contribution < 1.29 is 18.3 Å². The highest BCUT2D eigenvalue weighted by Crippen LogP contribution is 2.34. The van der Waals surface area contributed by atoms with Gasteiger partial charge in [-0.3, -0.25) is 18.9 Å². The van der Waals surface area contributed by atoms with Crippen LogP contribution in [0.4, 0.5) is 8.78 Å². The van der Waals surface area contributed by atoms with Gasteiger partial charge in [0.15, 0.2) is 11.5 Å². The molecule has 0 spiro atoms. The third kappa shape index (κ3) is 3.64. The van der Waals surface area contributed by atoms with Crippen molar-refractivity contribution in [2.24, 2.45) is 5.92 Å². The van der Waals surface area contributed by atoms with E-state index in [4.69, 9.17) is 9.84 Å². The maximum absolute atomic E-state index is 14.2. The number of aromatic nitrogens is 5. The molecule has 0 atom stereocenters. The van der Waals surface area contributed by atoms with Crippen LogP contribution in [0.3, 0.4) is 0 Å². The van der Waals surface area contributed by atoms with E-state index >= 15 is 0 Å². The van der Waals surface area contributed by atoms with E-state index in [2.05, 4.69) is 9.97 Å². The topological polar surface area (TPSA) is 77.6 Å². The van der Waals surface area contributed by atoms with E-state index in [1.807, 2.05) is 4.68 Å². The molecule has 5 heterocycles. The number of carbonyl (C=O) groups is 1. The number of ether oxygens (including phenoxy) is 1. The first-order chi connectivity index (χ1) is 16.1. The molecule has 0 radical (unpaired) electrons. The Morgan fingerprint density at radius 3 is 2.85 bits per heavy atom. The van der Waals surface area contributed by atoms with Crippen LogP contribution in [0.5, 0.6) is 0 Å². The fraction of sp³-hybridized carbons (Fsp3) is 0.391. The molecule has 1 aliphatic carbocycles. The highest BCUT2D eigenvalue weighted by molar-refractivity contribution is 5.99. The summed E-state index contributed by atoms with van der Waals surface area (Å²) in [6, 6.07) is 2.58. The third-order valence-corrected chi connectivity index (χ3v) is 6.26. The molecule has 1 saturated carbocycles. The molecule has 6 rings (SSSR count). The second kappa shape index (κ2) is 7.87. The zero-order valence-electron chi connectivity index (χ0n) is 17.9. The molecular formula is C23H22F2N6O2.